The molecule has 0 bridgehead atoms. The van der Waals surface area contributed by atoms with E-state index in [0.29, 0.717) is 5.88 Å². The molecule has 0 aliphatic carbocycles. The van der Waals surface area contributed by atoms with Crippen LogP contribution in [0, 0.1) is 13.8 Å². The van der Waals surface area contributed by atoms with Crippen LogP contribution >= 0.6 is 0 Å². The molecule has 0 spiro atoms. The van der Waals surface area contributed by atoms with Crippen molar-refractivity contribution in [3.8, 4) is 39.6 Å². The zero-order chi connectivity index (χ0) is 21.0. The highest BCUT2D eigenvalue weighted by molar-refractivity contribution is 5.89. The van der Waals surface area contributed by atoms with Gasteiger partial charge in [0.15, 0.2) is 0 Å². The SMILES string of the molecule is CCCc1cnc(OC)c(-c2ccc(OC)c(C)c2)c1-c1ccc(OC)c(C)c1. The fourth-order valence-corrected chi connectivity index (χ4v) is 3.81. The Bertz CT molecular complexity index is 1010. The van der Waals surface area contributed by atoms with E-state index in [1.165, 1.54) is 5.56 Å². The molecule has 1 heterocycles. The number of nitrogens with zero attached hydrogens (tertiary/aromatic N) is 1. The summed E-state index contributed by atoms with van der Waals surface area (Å²) in [5, 5.41) is 0. The summed E-state index contributed by atoms with van der Waals surface area (Å²) in [6.07, 6.45) is 3.92. The first-order valence-electron chi connectivity index (χ1n) is 9.89. The molecule has 152 valence electrons. The number of methoxy groups -OCH3 is 3. The Morgan fingerprint density at radius 2 is 1.31 bits per heavy atom. The maximum Gasteiger partial charge on any atom is 0.221 e. The summed E-state index contributed by atoms with van der Waals surface area (Å²) >= 11 is 0. The van der Waals surface area contributed by atoms with Crippen molar-refractivity contribution in [3.63, 3.8) is 0 Å². The Balaban J connectivity index is 2.33. The summed E-state index contributed by atoms with van der Waals surface area (Å²) in [4.78, 5) is 4.63. The van der Waals surface area contributed by atoms with E-state index in [1.807, 2.05) is 18.3 Å². The zero-order valence-electron chi connectivity index (χ0n) is 18.1. The molecule has 0 atom stereocenters. The van der Waals surface area contributed by atoms with E-state index in [9.17, 15) is 0 Å². The number of hydrogen-bond donors (Lipinski definition) is 0. The molecule has 1 aromatic heterocycles. The Morgan fingerprint density at radius 3 is 1.76 bits per heavy atom. The highest BCUT2D eigenvalue weighted by Gasteiger charge is 2.20. The molecule has 4 heteroatoms. The van der Waals surface area contributed by atoms with Gasteiger partial charge in [0.2, 0.25) is 5.88 Å². The highest BCUT2D eigenvalue weighted by Crippen LogP contribution is 2.42. The van der Waals surface area contributed by atoms with Gasteiger partial charge >= 0.3 is 0 Å². The van der Waals surface area contributed by atoms with E-state index in [-0.39, 0.29) is 0 Å². The van der Waals surface area contributed by atoms with Gasteiger partial charge in [0.1, 0.15) is 11.5 Å². The first-order chi connectivity index (χ1) is 14.0. The van der Waals surface area contributed by atoms with Crippen LogP contribution in [-0.2, 0) is 6.42 Å². The third kappa shape index (κ3) is 4.07. The van der Waals surface area contributed by atoms with E-state index in [0.717, 1.165) is 57.7 Å². The first-order valence-corrected chi connectivity index (χ1v) is 9.89. The van der Waals surface area contributed by atoms with E-state index < -0.39 is 0 Å². The molecule has 0 aliphatic rings. The molecule has 29 heavy (non-hydrogen) atoms. The van der Waals surface area contributed by atoms with Crippen LogP contribution in [0.15, 0.2) is 42.6 Å². The third-order valence-corrected chi connectivity index (χ3v) is 5.20. The quantitative estimate of drug-likeness (QED) is 0.494. The number of rotatable bonds is 7. The lowest BCUT2D eigenvalue weighted by atomic mass is 9.89. The molecule has 0 unspecified atom stereocenters. The van der Waals surface area contributed by atoms with Crippen molar-refractivity contribution in [3.05, 3.63) is 59.3 Å². The minimum absolute atomic E-state index is 0.623. The summed E-state index contributed by atoms with van der Waals surface area (Å²) < 4.78 is 16.6. The number of benzene rings is 2. The predicted molar refractivity (Wildman–Crippen MR) is 118 cm³/mol. The van der Waals surface area contributed by atoms with Gasteiger partial charge in [-0.05, 0) is 77.9 Å². The standard InChI is InChI=1S/C25H29NO3/c1-7-8-20-15-26-25(29-6)24(19-10-12-22(28-5)17(3)14-19)23(20)18-9-11-21(27-4)16(2)13-18/h9-15H,7-8H2,1-6H3. The average molecular weight is 392 g/mol. The van der Waals surface area contributed by atoms with Crippen LogP contribution < -0.4 is 14.2 Å². The molecule has 4 nitrogen and oxygen atoms in total. The molecule has 0 N–H and O–H groups in total. The van der Waals surface area contributed by atoms with Crippen molar-refractivity contribution >= 4 is 0 Å². The van der Waals surface area contributed by atoms with Gasteiger partial charge in [-0.15, -0.1) is 0 Å². The molecular formula is C25H29NO3. The maximum atomic E-state index is 5.70. The van der Waals surface area contributed by atoms with Gasteiger partial charge in [-0.25, -0.2) is 4.98 Å². The van der Waals surface area contributed by atoms with Crippen molar-refractivity contribution < 1.29 is 14.2 Å². The third-order valence-electron chi connectivity index (χ3n) is 5.20. The highest BCUT2D eigenvalue weighted by atomic mass is 16.5. The van der Waals surface area contributed by atoms with E-state index in [1.54, 1.807) is 21.3 Å². The average Bonchev–Trinajstić information content (AvgIpc) is 2.73. The van der Waals surface area contributed by atoms with Crippen LogP contribution in [-0.4, -0.2) is 26.3 Å². The Morgan fingerprint density at radius 1 is 0.759 bits per heavy atom. The van der Waals surface area contributed by atoms with Gasteiger partial charge in [-0.3, -0.25) is 0 Å². The summed E-state index contributed by atoms with van der Waals surface area (Å²) in [6, 6.07) is 12.5. The fourth-order valence-electron chi connectivity index (χ4n) is 3.81. The topological polar surface area (TPSA) is 40.6 Å². The second-order valence-electron chi connectivity index (χ2n) is 7.16. The number of ether oxygens (including phenoxy) is 3. The molecule has 0 saturated carbocycles. The summed E-state index contributed by atoms with van der Waals surface area (Å²) in [5.74, 6) is 2.37. The molecular weight excluding hydrogens is 362 g/mol. The number of aromatic nitrogens is 1. The Hall–Kier alpha value is -3.01. The predicted octanol–water partition coefficient (Wildman–Crippen LogP) is 6.01. The lowest BCUT2D eigenvalue weighted by Crippen LogP contribution is -2.01. The lowest BCUT2D eigenvalue weighted by molar-refractivity contribution is 0.399. The summed E-state index contributed by atoms with van der Waals surface area (Å²) in [6.45, 7) is 6.30. The van der Waals surface area contributed by atoms with Gasteiger partial charge in [-0.1, -0.05) is 25.5 Å². The van der Waals surface area contributed by atoms with Gasteiger partial charge < -0.3 is 14.2 Å². The number of pyridine rings is 1. The van der Waals surface area contributed by atoms with Crippen LogP contribution in [0.5, 0.6) is 17.4 Å². The Kier molecular flexibility index (Phi) is 6.42. The normalized spacial score (nSPS) is 10.7. The summed E-state index contributed by atoms with van der Waals surface area (Å²) in [5.41, 5.74) is 7.75. The molecule has 0 aliphatic heterocycles. The second kappa shape index (κ2) is 8.99. The lowest BCUT2D eigenvalue weighted by Gasteiger charge is -2.19. The minimum atomic E-state index is 0.623. The van der Waals surface area contributed by atoms with Crippen LogP contribution in [0.3, 0.4) is 0 Å². The minimum Gasteiger partial charge on any atom is -0.496 e. The zero-order valence-corrected chi connectivity index (χ0v) is 18.1. The van der Waals surface area contributed by atoms with Crippen molar-refractivity contribution in [1.82, 2.24) is 4.98 Å². The van der Waals surface area contributed by atoms with Crippen LogP contribution in [0.25, 0.3) is 22.3 Å². The molecule has 0 amide bonds. The molecule has 3 aromatic rings. The smallest absolute Gasteiger partial charge is 0.221 e. The van der Waals surface area contributed by atoms with Crippen LogP contribution in [0.4, 0.5) is 0 Å². The van der Waals surface area contributed by atoms with E-state index in [4.69, 9.17) is 14.2 Å². The van der Waals surface area contributed by atoms with Gasteiger partial charge in [0.25, 0.3) is 0 Å². The first kappa shape index (κ1) is 20.7. The van der Waals surface area contributed by atoms with E-state index in [2.05, 4.69) is 50.0 Å². The van der Waals surface area contributed by atoms with Gasteiger partial charge in [0, 0.05) is 6.20 Å². The number of hydrogen-bond acceptors (Lipinski definition) is 4. The Labute approximate surface area is 173 Å². The van der Waals surface area contributed by atoms with Crippen molar-refractivity contribution in [2.45, 2.75) is 33.6 Å². The number of aryl methyl sites for hydroxylation is 3. The fraction of sp³-hybridized carbons (Fsp3) is 0.320. The van der Waals surface area contributed by atoms with Crippen molar-refractivity contribution in [2.75, 3.05) is 21.3 Å². The molecule has 0 fully saturated rings. The molecule has 0 radical (unpaired) electrons. The van der Waals surface area contributed by atoms with Gasteiger partial charge in [0.05, 0.1) is 26.9 Å². The molecule has 3 rings (SSSR count). The molecule has 0 saturated heterocycles. The second-order valence-corrected chi connectivity index (χ2v) is 7.16. The monoisotopic (exact) mass is 391 g/mol. The van der Waals surface area contributed by atoms with Crippen LogP contribution in [0.1, 0.15) is 30.0 Å². The van der Waals surface area contributed by atoms with Gasteiger partial charge in [-0.2, -0.15) is 0 Å². The van der Waals surface area contributed by atoms with Crippen molar-refractivity contribution in [2.24, 2.45) is 0 Å². The van der Waals surface area contributed by atoms with Crippen molar-refractivity contribution in [1.29, 1.82) is 0 Å². The molecule has 2 aromatic carbocycles. The van der Waals surface area contributed by atoms with E-state index >= 15 is 0 Å². The van der Waals surface area contributed by atoms with Crippen LogP contribution in [0.2, 0.25) is 0 Å². The largest absolute Gasteiger partial charge is 0.496 e. The maximum absolute atomic E-state index is 5.70. The summed E-state index contributed by atoms with van der Waals surface area (Å²) in [7, 11) is 5.06.